The fraction of sp³-hybridized carbons (Fsp3) is 0.333. The lowest BCUT2D eigenvalue weighted by molar-refractivity contribution is -0.128. The number of aryl methyl sites for hydroxylation is 1. The molecule has 2 amide bonds. The van der Waals surface area contributed by atoms with Crippen molar-refractivity contribution < 1.29 is 14.0 Å². The Hall–Kier alpha value is -3.29. The number of nitrogens with zero attached hydrogens (tertiary/aromatic N) is 4. The number of nitrogens with one attached hydrogen (secondary N) is 1. The Morgan fingerprint density at radius 2 is 2.10 bits per heavy atom. The van der Waals surface area contributed by atoms with E-state index in [1.54, 1.807) is 19.2 Å². The molecule has 3 aromatic rings. The Labute approximate surface area is 167 Å². The molecule has 0 saturated carbocycles. The fourth-order valence-electron chi connectivity index (χ4n) is 3.90. The lowest BCUT2D eigenvalue weighted by Crippen LogP contribution is -2.35. The first kappa shape index (κ1) is 19.0. The molecule has 0 aliphatic carbocycles. The van der Waals surface area contributed by atoms with Crippen molar-refractivity contribution in [2.45, 2.75) is 25.3 Å². The topological polar surface area (TPSA) is 79.6 Å². The molecular formula is C21H22FN5O2. The molecule has 3 heterocycles. The van der Waals surface area contributed by atoms with Gasteiger partial charge in [0, 0.05) is 32.6 Å². The second-order valence-electron chi connectivity index (χ2n) is 7.25. The first-order chi connectivity index (χ1) is 14.0. The van der Waals surface area contributed by atoms with Crippen LogP contribution in [0.2, 0.25) is 0 Å². The van der Waals surface area contributed by atoms with E-state index in [1.165, 1.54) is 17.0 Å². The van der Waals surface area contributed by atoms with Crippen LogP contribution in [0.1, 0.15) is 30.3 Å². The Morgan fingerprint density at radius 3 is 2.93 bits per heavy atom. The number of fused-ring (bicyclic) bond motifs is 1. The summed E-state index contributed by atoms with van der Waals surface area (Å²) >= 11 is 0. The maximum absolute atomic E-state index is 13.7. The van der Waals surface area contributed by atoms with Gasteiger partial charge in [-0.15, -0.1) is 10.2 Å². The van der Waals surface area contributed by atoms with Crippen LogP contribution in [-0.4, -0.2) is 44.9 Å². The molecular weight excluding hydrogens is 373 g/mol. The number of carbonyl (C=O) groups excluding carboxylic acids is 2. The van der Waals surface area contributed by atoms with Crippen LogP contribution in [-0.2, 0) is 16.0 Å². The zero-order valence-electron chi connectivity index (χ0n) is 16.1. The van der Waals surface area contributed by atoms with E-state index in [-0.39, 0.29) is 24.1 Å². The molecule has 4 rings (SSSR count). The number of halogens is 1. The molecule has 1 aliphatic heterocycles. The highest BCUT2D eigenvalue weighted by Crippen LogP contribution is 2.37. The normalized spacial score (nSPS) is 19.1. The van der Waals surface area contributed by atoms with Crippen LogP contribution in [0.4, 0.5) is 4.39 Å². The molecule has 2 aromatic heterocycles. The van der Waals surface area contributed by atoms with Crippen molar-refractivity contribution in [1.29, 1.82) is 0 Å². The van der Waals surface area contributed by atoms with Crippen molar-refractivity contribution in [3.63, 3.8) is 0 Å². The third kappa shape index (κ3) is 3.83. The molecule has 29 heavy (non-hydrogen) atoms. The van der Waals surface area contributed by atoms with Crippen LogP contribution >= 0.6 is 0 Å². The molecule has 8 heteroatoms. The van der Waals surface area contributed by atoms with Crippen molar-refractivity contribution >= 4 is 17.5 Å². The van der Waals surface area contributed by atoms with Gasteiger partial charge in [-0.3, -0.25) is 14.0 Å². The molecule has 1 N–H and O–H groups in total. The smallest absolute Gasteiger partial charge is 0.226 e. The van der Waals surface area contributed by atoms with Crippen molar-refractivity contribution in [3.8, 4) is 0 Å². The number of carbonyl (C=O) groups is 2. The number of hydrogen-bond donors (Lipinski definition) is 1. The summed E-state index contributed by atoms with van der Waals surface area (Å²) in [6.07, 6.45) is 3.40. The first-order valence-corrected chi connectivity index (χ1v) is 9.62. The van der Waals surface area contributed by atoms with Gasteiger partial charge in [-0.25, -0.2) is 4.39 Å². The van der Waals surface area contributed by atoms with E-state index in [1.807, 2.05) is 28.8 Å². The molecule has 0 bridgehead atoms. The third-order valence-corrected chi connectivity index (χ3v) is 5.37. The average molecular weight is 395 g/mol. The molecule has 2 atom stereocenters. The number of benzene rings is 1. The summed E-state index contributed by atoms with van der Waals surface area (Å²) in [5.74, 6) is -0.390. The summed E-state index contributed by atoms with van der Waals surface area (Å²) in [5, 5.41) is 11.2. The molecule has 0 spiro atoms. The number of amides is 2. The largest absolute Gasteiger partial charge is 0.356 e. The van der Waals surface area contributed by atoms with Crippen LogP contribution in [0, 0.1) is 11.7 Å². The minimum Gasteiger partial charge on any atom is -0.356 e. The van der Waals surface area contributed by atoms with E-state index in [0.29, 0.717) is 24.9 Å². The molecule has 2 unspecified atom stereocenters. The zero-order chi connectivity index (χ0) is 20.4. The van der Waals surface area contributed by atoms with Crippen LogP contribution in [0.3, 0.4) is 0 Å². The first-order valence-electron chi connectivity index (χ1n) is 9.62. The zero-order valence-corrected chi connectivity index (χ0v) is 16.1. The summed E-state index contributed by atoms with van der Waals surface area (Å²) in [4.78, 5) is 26.5. The van der Waals surface area contributed by atoms with Crippen molar-refractivity contribution in [1.82, 2.24) is 24.8 Å². The fourth-order valence-corrected chi connectivity index (χ4v) is 3.90. The highest BCUT2D eigenvalue weighted by Gasteiger charge is 2.42. The van der Waals surface area contributed by atoms with E-state index in [9.17, 15) is 14.0 Å². The van der Waals surface area contributed by atoms with Gasteiger partial charge >= 0.3 is 0 Å². The maximum atomic E-state index is 13.7. The lowest BCUT2D eigenvalue weighted by atomic mass is 9.93. The highest BCUT2D eigenvalue weighted by atomic mass is 19.1. The van der Waals surface area contributed by atoms with Crippen LogP contribution in [0.5, 0.6) is 0 Å². The lowest BCUT2D eigenvalue weighted by Gasteiger charge is -2.25. The van der Waals surface area contributed by atoms with Crippen LogP contribution in [0.25, 0.3) is 5.65 Å². The Bertz CT molecular complexity index is 1050. The Kier molecular flexibility index (Phi) is 5.24. The number of pyridine rings is 1. The SMILES string of the molecule is CN1C(=O)CC(C(=O)NCCCc2nnc3ccccn23)C1c1cccc(F)c1. The van der Waals surface area contributed by atoms with Crippen molar-refractivity contribution in [2.75, 3.05) is 13.6 Å². The Morgan fingerprint density at radius 1 is 1.24 bits per heavy atom. The van der Waals surface area contributed by atoms with Gasteiger partial charge in [-0.1, -0.05) is 18.2 Å². The minimum atomic E-state index is -0.539. The number of hydrogen-bond acceptors (Lipinski definition) is 4. The highest BCUT2D eigenvalue weighted by molar-refractivity contribution is 5.90. The number of aromatic nitrogens is 3. The van der Waals surface area contributed by atoms with E-state index < -0.39 is 12.0 Å². The predicted molar refractivity (Wildman–Crippen MR) is 104 cm³/mol. The van der Waals surface area contributed by atoms with Gasteiger partial charge in [0.15, 0.2) is 5.65 Å². The maximum Gasteiger partial charge on any atom is 0.226 e. The molecule has 150 valence electrons. The number of likely N-dealkylation sites (tertiary alicyclic amines) is 1. The Balaban J connectivity index is 1.37. The molecule has 1 aromatic carbocycles. The van der Waals surface area contributed by atoms with Crippen molar-refractivity contribution in [2.24, 2.45) is 5.92 Å². The molecule has 1 fully saturated rings. The summed E-state index contributed by atoms with van der Waals surface area (Å²) < 4.78 is 15.6. The van der Waals surface area contributed by atoms with Crippen molar-refractivity contribution in [3.05, 3.63) is 65.9 Å². The van der Waals surface area contributed by atoms with Gasteiger partial charge in [-0.2, -0.15) is 0 Å². The third-order valence-electron chi connectivity index (χ3n) is 5.37. The van der Waals surface area contributed by atoms with Gasteiger partial charge < -0.3 is 10.2 Å². The van der Waals surface area contributed by atoms with E-state index in [0.717, 1.165) is 11.5 Å². The summed E-state index contributed by atoms with van der Waals surface area (Å²) in [6, 6.07) is 11.3. The van der Waals surface area contributed by atoms with Gasteiger partial charge in [-0.05, 0) is 36.2 Å². The van der Waals surface area contributed by atoms with E-state index in [2.05, 4.69) is 15.5 Å². The molecule has 0 radical (unpaired) electrons. The van der Waals surface area contributed by atoms with Gasteiger partial charge in [0.05, 0.1) is 12.0 Å². The predicted octanol–water partition coefficient (Wildman–Crippen LogP) is 2.14. The second-order valence-corrected chi connectivity index (χ2v) is 7.25. The average Bonchev–Trinajstić information content (AvgIpc) is 3.26. The standard InChI is InChI=1S/C21H22FN5O2/c1-26-19(28)13-16(20(26)14-6-4-7-15(22)12-14)21(29)23-10-5-9-18-25-24-17-8-2-3-11-27(17)18/h2-4,6-8,11-12,16,20H,5,9-10,13H2,1H3,(H,23,29). The monoisotopic (exact) mass is 395 g/mol. The summed E-state index contributed by atoms with van der Waals surface area (Å²) in [7, 11) is 1.65. The second kappa shape index (κ2) is 7.98. The molecule has 7 nitrogen and oxygen atoms in total. The number of rotatable bonds is 6. The summed E-state index contributed by atoms with van der Waals surface area (Å²) in [5.41, 5.74) is 1.42. The van der Waals surface area contributed by atoms with E-state index >= 15 is 0 Å². The minimum absolute atomic E-state index is 0.116. The van der Waals surface area contributed by atoms with Gasteiger partial charge in [0.25, 0.3) is 0 Å². The molecule has 1 aliphatic rings. The summed E-state index contributed by atoms with van der Waals surface area (Å²) in [6.45, 7) is 0.463. The molecule has 1 saturated heterocycles. The van der Waals surface area contributed by atoms with Crippen LogP contribution < -0.4 is 5.32 Å². The van der Waals surface area contributed by atoms with Crippen LogP contribution in [0.15, 0.2) is 48.7 Å². The van der Waals surface area contributed by atoms with Gasteiger partial charge in [0.2, 0.25) is 11.8 Å². The van der Waals surface area contributed by atoms with E-state index in [4.69, 9.17) is 0 Å². The van der Waals surface area contributed by atoms with Gasteiger partial charge in [0.1, 0.15) is 11.6 Å². The quantitative estimate of drug-likeness (QED) is 0.649.